The third-order valence-electron chi connectivity index (χ3n) is 1.14. The molecule has 0 saturated heterocycles. The van der Waals surface area contributed by atoms with Crippen LogP contribution in [0.5, 0.6) is 0 Å². The lowest BCUT2D eigenvalue weighted by Crippen LogP contribution is -2.03. The Balaban J connectivity index is 3.47. The Morgan fingerprint density at radius 3 is 2.62 bits per heavy atom. The molecule has 0 atom stereocenters. The van der Waals surface area contributed by atoms with Crippen LogP contribution in [0.25, 0.3) is 0 Å². The SMILES string of the molecule is CC=CC(=O)OCCCP(=O)(O)O. The minimum absolute atomic E-state index is 0.0360. The van der Waals surface area contributed by atoms with Crippen LogP contribution in [-0.2, 0) is 14.1 Å². The van der Waals surface area contributed by atoms with Gasteiger partial charge in [0, 0.05) is 6.08 Å². The summed E-state index contributed by atoms with van der Waals surface area (Å²) in [5.41, 5.74) is 0. The highest BCUT2D eigenvalue weighted by atomic mass is 31.2. The second kappa shape index (κ2) is 5.91. The molecular weight excluding hydrogens is 195 g/mol. The summed E-state index contributed by atoms with van der Waals surface area (Å²) in [5, 5.41) is 0. The van der Waals surface area contributed by atoms with Gasteiger partial charge in [0.05, 0.1) is 12.8 Å². The van der Waals surface area contributed by atoms with E-state index in [4.69, 9.17) is 9.79 Å². The monoisotopic (exact) mass is 208 g/mol. The second-order valence-corrected chi connectivity index (χ2v) is 4.19. The van der Waals surface area contributed by atoms with E-state index in [2.05, 4.69) is 4.74 Å². The molecule has 0 aromatic heterocycles. The number of carbonyl (C=O) groups excluding carboxylic acids is 1. The van der Waals surface area contributed by atoms with Gasteiger partial charge in [-0.2, -0.15) is 0 Å². The number of allylic oxidation sites excluding steroid dienone is 1. The van der Waals surface area contributed by atoms with Gasteiger partial charge < -0.3 is 14.5 Å². The summed E-state index contributed by atoms with van der Waals surface area (Å²) < 4.78 is 15.0. The van der Waals surface area contributed by atoms with Crippen molar-refractivity contribution in [2.75, 3.05) is 12.8 Å². The van der Waals surface area contributed by atoms with Crippen molar-refractivity contribution in [1.82, 2.24) is 0 Å². The summed E-state index contributed by atoms with van der Waals surface area (Å²) in [6.07, 6.45) is 2.70. The van der Waals surface area contributed by atoms with Gasteiger partial charge in [-0.05, 0) is 13.3 Å². The Bertz CT molecular complexity index is 229. The van der Waals surface area contributed by atoms with Crippen molar-refractivity contribution < 1.29 is 23.9 Å². The van der Waals surface area contributed by atoms with Crippen LogP contribution >= 0.6 is 7.60 Å². The molecule has 0 rings (SSSR count). The number of rotatable bonds is 5. The van der Waals surface area contributed by atoms with E-state index in [1.807, 2.05) is 0 Å². The molecule has 0 radical (unpaired) electrons. The van der Waals surface area contributed by atoms with Crippen LogP contribution < -0.4 is 0 Å². The van der Waals surface area contributed by atoms with Crippen LogP contribution in [0.3, 0.4) is 0 Å². The van der Waals surface area contributed by atoms with Gasteiger partial charge in [-0.25, -0.2) is 4.79 Å². The maximum Gasteiger partial charge on any atom is 0.330 e. The van der Waals surface area contributed by atoms with E-state index in [0.29, 0.717) is 0 Å². The van der Waals surface area contributed by atoms with Gasteiger partial charge in [-0.1, -0.05) is 6.08 Å². The Hall–Kier alpha value is -0.640. The third-order valence-corrected chi connectivity index (χ3v) is 2.04. The van der Waals surface area contributed by atoms with Crippen molar-refractivity contribution in [3.8, 4) is 0 Å². The Kier molecular flexibility index (Phi) is 5.62. The Morgan fingerprint density at radius 2 is 2.15 bits per heavy atom. The molecule has 0 heterocycles. The maximum absolute atomic E-state index is 10.7. The predicted octanol–water partition coefficient (Wildman–Crippen LogP) is 0.673. The van der Waals surface area contributed by atoms with Gasteiger partial charge in [0.25, 0.3) is 0 Å². The van der Waals surface area contributed by atoms with Crippen molar-refractivity contribution in [2.24, 2.45) is 0 Å². The molecule has 0 aliphatic rings. The quantitative estimate of drug-likeness (QED) is 0.300. The zero-order valence-corrected chi connectivity index (χ0v) is 8.24. The zero-order chi connectivity index (χ0) is 10.3. The topological polar surface area (TPSA) is 83.8 Å². The molecule has 5 nitrogen and oxygen atoms in total. The summed E-state index contributed by atoms with van der Waals surface area (Å²) in [5.74, 6) is -0.492. The molecule has 13 heavy (non-hydrogen) atoms. The first kappa shape index (κ1) is 12.4. The highest BCUT2D eigenvalue weighted by molar-refractivity contribution is 7.51. The van der Waals surface area contributed by atoms with E-state index in [-0.39, 0.29) is 19.2 Å². The van der Waals surface area contributed by atoms with Crippen molar-refractivity contribution in [3.63, 3.8) is 0 Å². The van der Waals surface area contributed by atoms with E-state index in [1.54, 1.807) is 6.92 Å². The third kappa shape index (κ3) is 9.27. The number of hydrogen-bond donors (Lipinski definition) is 2. The lowest BCUT2D eigenvalue weighted by molar-refractivity contribution is -0.137. The lowest BCUT2D eigenvalue weighted by Gasteiger charge is -2.03. The molecule has 0 bridgehead atoms. The van der Waals surface area contributed by atoms with Gasteiger partial charge in [-0.3, -0.25) is 4.57 Å². The van der Waals surface area contributed by atoms with E-state index in [9.17, 15) is 9.36 Å². The number of hydrogen-bond acceptors (Lipinski definition) is 3. The second-order valence-electron chi connectivity index (χ2n) is 2.41. The van der Waals surface area contributed by atoms with E-state index in [1.165, 1.54) is 12.2 Å². The van der Waals surface area contributed by atoms with Gasteiger partial charge in [-0.15, -0.1) is 0 Å². The summed E-state index contributed by atoms with van der Waals surface area (Å²) in [7, 11) is -3.95. The van der Waals surface area contributed by atoms with E-state index in [0.717, 1.165) is 0 Å². The zero-order valence-electron chi connectivity index (χ0n) is 7.34. The Morgan fingerprint density at radius 1 is 1.54 bits per heavy atom. The maximum atomic E-state index is 10.7. The first-order valence-electron chi connectivity index (χ1n) is 3.80. The molecule has 0 aromatic rings. The van der Waals surface area contributed by atoms with Crippen LogP contribution in [0.15, 0.2) is 12.2 Å². The fourth-order valence-corrected chi connectivity index (χ4v) is 1.17. The molecule has 0 aliphatic heterocycles. The molecule has 0 amide bonds. The summed E-state index contributed by atoms with van der Waals surface area (Å²) in [6, 6.07) is 0. The fourth-order valence-electron chi connectivity index (χ4n) is 0.627. The highest BCUT2D eigenvalue weighted by Crippen LogP contribution is 2.34. The number of ether oxygens (including phenoxy) is 1. The van der Waals surface area contributed by atoms with Gasteiger partial charge in [0.15, 0.2) is 0 Å². The van der Waals surface area contributed by atoms with Gasteiger partial charge >= 0.3 is 13.6 Å². The van der Waals surface area contributed by atoms with Gasteiger partial charge in [0.1, 0.15) is 0 Å². The smallest absolute Gasteiger partial charge is 0.330 e. The van der Waals surface area contributed by atoms with Crippen molar-refractivity contribution >= 4 is 13.6 Å². The molecule has 2 N–H and O–H groups in total. The minimum atomic E-state index is -3.95. The van der Waals surface area contributed by atoms with Gasteiger partial charge in [0.2, 0.25) is 0 Å². The normalized spacial score (nSPS) is 11.9. The summed E-state index contributed by atoms with van der Waals surface area (Å²) >= 11 is 0. The van der Waals surface area contributed by atoms with E-state index < -0.39 is 13.6 Å². The highest BCUT2D eigenvalue weighted by Gasteiger charge is 2.11. The van der Waals surface area contributed by atoms with Crippen molar-refractivity contribution in [2.45, 2.75) is 13.3 Å². The van der Waals surface area contributed by atoms with Crippen LogP contribution in [0.2, 0.25) is 0 Å². The minimum Gasteiger partial charge on any atom is -0.463 e. The molecule has 76 valence electrons. The van der Waals surface area contributed by atoms with Crippen molar-refractivity contribution in [3.05, 3.63) is 12.2 Å². The molecule has 0 aliphatic carbocycles. The average Bonchev–Trinajstić information content (AvgIpc) is 1.97. The summed E-state index contributed by atoms with van der Waals surface area (Å²) in [6.45, 7) is 1.71. The largest absolute Gasteiger partial charge is 0.463 e. The van der Waals surface area contributed by atoms with Crippen molar-refractivity contribution in [1.29, 1.82) is 0 Å². The first-order valence-corrected chi connectivity index (χ1v) is 5.59. The molecule has 0 saturated carbocycles. The average molecular weight is 208 g/mol. The molecule has 0 spiro atoms. The standard InChI is InChI=1S/C7H13O5P/c1-2-4-7(8)12-5-3-6-13(9,10)11/h2,4H,3,5-6H2,1H3,(H2,9,10,11). The first-order chi connectivity index (χ1) is 5.95. The van der Waals surface area contributed by atoms with Crippen LogP contribution in [0.4, 0.5) is 0 Å². The molecule has 0 fully saturated rings. The number of carbonyl (C=O) groups is 1. The Labute approximate surface area is 76.6 Å². The molecule has 0 unspecified atom stereocenters. The van der Waals surface area contributed by atoms with Crippen LogP contribution in [-0.4, -0.2) is 28.5 Å². The fraction of sp³-hybridized carbons (Fsp3) is 0.571. The van der Waals surface area contributed by atoms with E-state index >= 15 is 0 Å². The molecule has 0 aromatic carbocycles. The number of esters is 1. The van der Waals surface area contributed by atoms with Crippen LogP contribution in [0.1, 0.15) is 13.3 Å². The molecule has 6 heteroatoms. The predicted molar refractivity (Wildman–Crippen MR) is 47.3 cm³/mol. The molecular formula is C7H13O5P. The van der Waals surface area contributed by atoms with Crippen LogP contribution in [0, 0.1) is 0 Å². The summed E-state index contributed by atoms with van der Waals surface area (Å²) in [4.78, 5) is 27.6. The lowest BCUT2D eigenvalue weighted by atomic mass is 10.5.